The van der Waals surface area contributed by atoms with Crippen molar-refractivity contribution in [3.63, 3.8) is 0 Å². The number of sulfonamides is 1. The van der Waals surface area contributed by atoms with Crippen LogP contribution in [0.2, 0.25) is 0 Å². The van der Waals surface area contributed by atoms with Gasteiger partial charge in [0.15, 0.2) is 11.6 Å². The fraction of sp³-hybridized carbons (Fsp3) is 0.538. The predicted molar refractivity (Wildman–Crippen MR) is 80.8 cm³/mol. The van der Waals surface area contributed by atoms with Gasteiger partial charge in [0.1, 0.15) is 0 Å². The topological polar surface area (TPSA) is 81.4 Å². The molecule has 2 rings (SSSR count). The van der Waals surface area contributed by atoms with Crippen LogP contribution in [0.15, 0.2) is 23.1 Å². The number of hydrogen-bond donors (Lipinski definition) is 2. The molecule has 120 valence electrons. The van der Waals surface area contributed by atoms with Crippen molar-refractivity contribution in [1.82, 2.24) is 4.72 Å². The van der Waals surface area contributed by atoms with Crippen molar-refractivity contribution in [2.75, 3.05) is 7.11 Å². The summed E-state index contributed by atoms with van der Waals surface area (Å²) in [5, 5.41) is 0. The third-order valence-corrected chi connectivity index (χ3v) is 5.04. The lowest BCUT2D eigenvalue weighted by molar-refractivity contribution is 0.373. The van der Waals surface area contributed by atoms with E-state index in [1.54, 1.807) is 0 Å². The number of benzene rings is 1. The van der Waals surface area contributed by atoms with E-state index in [1.165, 1.54) is 19.2 Å². The van der Waals surface area contributed by atoms with E-state index in [1.807, 2.05) is 0 Å². The smallest absolute Gasteiger partial charge is 0.240 e. The minimum atomic E-state index is -3.66. The van der Waals surface area contributed by atoms with Gasteiger partial charge in [0.05, 0.1) is 12.0 Å². The number of methoxy groups -OCH3 is 1. The third-order valence-electron chi connectivity index (χ3n) is 3.53. The van der Waals surface area contributed by atoms with E-state index in [9.17, 15) is 12.8 Å². The van der Waals surface area contributed by atoms with E-state index in [0.717, 1.165) is 31.7 Å². The second kappa shape index (κ2) is 7.40. The van der Waals surface area contributed by atoms with E-state index in [2.05, 4.69) is 4.72 Å². The van der Waals surface area contributed by atoms with Gasteiger partial charge in [-0.25, -0.2) is 17.5 Å². The van der Waals surface area contributed by atoms with E-state index in [0.29, 0.717) is 0 Å². The van der Waals surface area contributed by atoms with Crippen LogP contribution in [0.5, 0.6) is 5.75 Å². The molecule has 0 unspecified atom stereocenters. The first kappa shape index (κ1) is 18.2. The first-order valence-electron chi connectivity index (χ1n) is 6.54. The first-order chi connectivity index (χ1) is 9.42. The lowest BCUT2D eigenvalue weighted by Gasteiger charge is -2.26. The maximum atomic E-state index is 13.3. The molecule has 0 bridgehead atoms. The Morgan fingerprint density at radius 1 is 1.29 bits per heavy atom. The Hall–Kier alpha value is -0.890. The molecule has 1 saturated carbocycles. The van der Waals surface area contributed by atoms with Crippen molar-refractivity contribution in [3.8, 4) is 5.75 Å². The summed E-state index contributed by atoms with van der Waals surface area (Å²) in [6, 6.07) is 3.54. The molecule has 21 heavy (non-hydrogen) atoms. The normalized spacial score (nSPS) is 22.4. The Kier molecular flexibility index (Phi) is 6.40. The molecule has 1 fully saturated rings. The molecule has 0 aromatic heterocycles. The van der Waals surface area contributed by atoms with Crippen LogP contribution < -0.4 is 15.2 Å². The highest BCUT2D eigenvalue weighted by molar-refractivity contribution is 7.89. The van der Waals surface area contributed by atoms with E-state index in [-0.39, 0.29) is 35.1 Å². The second-order valence-corrected chi connectivity index (χ2v) is 6.74. The zero-order valence-corrected chi connectivity index (χ0v) is 13.3. The molecule has 0 atom stereocenters. The van der Waals surface area contributed by atoms with Crippen molar-refractivity contribution in [3.05, 3.63) is 24.0 Å². The van der Waals surface area contributed by atoms with E-state index in [4.69, 9.17) is 10.5 Å². The summed E-state index contributed by atoms with van der Waals surface area (Å²) in [6.07, 6.45) is 3.05. The number of rotatable bonds is 4. The van der Waals surface area contributed by atoms with Gasteiger partial charge < -0.3 is 10.5 Å². The number of nitrogens with two attached hydrogens (primary N) is 1. The van der Waals surface area contributed by atoms with E-state index >= 15 is 0 Å². The van der Waals surface area contributed by atoms with Gasteiger partial charge in [-0.15, -0.1) is 12.4 Å². The van der Waals surface area contributed by atoms with Gasteiger partial charge in [-0.05, 0) is 37.8 Å². The molecule has 1 aromatic carbocycles. The molecule has 8 heteroatoms. The van der Waals surface area contributed by atoms with Crippen molar-refractivity contribution >= 4 is 22.4 Å². The van der Waals surface area contributed by atoms with Gasteiger partial charge in [0, 0.05) is 18.2 Å². The molecule has 0 radical (unpaired) electrons. The highest BCUT2D eigenvalue weighted by Gasteiger charge is 2.25. The van der Waals surface area contributed by atoms with Crippen molar-refractivity contribution in [2.24, 2.45) is 5.73 Å². The summed E-state index contributed by atoms with van der Waals surface area (Å²) >= 11 is 0. The SMILES string of the molecule is COc1cc(S(=O)(=O)NC2CCC(N)CC2)ccc1F.Cl. The lowest BCUT2D eigenvalue weighted by atomic mass is 9.93. The molecule has 0 heterocycles. The quantitative estimate of drug-likeness (QED) is 0.877. The van der Waals surface area contributed by atoms with Crippen LogP contribution in [0.3, 0.4) is 0 Å². The van der Waals surface area contributed by atoms with Crippen molar-refractivity contribution in [2.45, 2.75) is 42.7 Å². The molecule has 0 saturated heterocycles. The summed E-state index contributed by atoms with van der Waals surface area (Å²) in [6.45, 7) is 0. The summed E-state index contributed by atoms with van der Waals surface area (Å²) in [5.41, 5.74) is 5.79. The highest BCUT2D eigenvalue weighted by atomic mass is 35.5. The molecule has 0 amide bonds. The minimum absolute atomic E-state index is 0. The summed E-state index contributed by atoms with van der Waals surface area (Å²) in [5.74, 6) is -0.673. The Balaban J connectivity index is 0.00000220. The fourth-order valence-electron chi connectivity index (χ4n) is 2.33. The van der Waals surface area contributed by atoms with E-state index < -0.39 is 15.8 Å². The molecule has 1 aliphatic carbocycles. The second-order valence-electron chi connectivity index (χ2n) is 5.03. The van der Waals surface area contributed by atoms with Crippen molar-refractivity contribution < 1.29 is 17.5 Å². The molecule has 1 aliphatic rings. The van der Waals surface area contributed by atoms with Gasteiger partial charge in [0.25, 0.3) is 0 Å². The molecular weight excluding hydrogens is 319 g/mol. The van der Waals surface area contributed by atoms with Crippen LogP contribution in [0.25, 0.3) is 0 Å². The van der Waals surface area contributed by atoms with Crippen LogP contribution >= 0.6 is 12.4 Å². The molecule has 0 spiro atoms. The van der Waals surface area contributed by atoms with Gasteiger partial charge in [-0.1, -0.05) is 0 Å². The third kappa shape index (κ3) is 4.54. The molecule has 5 nitrogen and oxygen atoms in total. The number of halogens is 2. The Labute approximate surface area is 130 Å². The van der Waals surface area contributed by atoms with Crippen LogP contribution in [-0.4, -0.2) is 27.6 Å². The monoisotopic (exact) mass is 338 g/mol. The number of nitrogens with one attached hydrogen (secondary N) is 1. The van der Waals surface area contributed by atoms with Crippen LogP contribution in [0.4, 0.5) is 4.39 Å². The standard InChI is InChI=1S/C13H19FN2O3S.ClH/c1-19-13-8-11(6-7-12(13)14)20(17,18)16-10-4-2-9(15)3-5-10;/h6-10,16H,2-5,15H2,1H3;1H. The Morgan fingerprint density at radius 2 is 1.90 bits per heavy atom. The summed E-state index contributed by atoms with van der Waals surface area (Å²) in [4.78, 5) is 0.00521. The average Bonchev–Trinajstić information content (AvgIpc) is 2.41. The van der Waals surface area contributed by atoms with Crippen LogP contribution in [0.1, 0.15) is 25.7 Å². The molecule has 0 aliphatic heterocycles. The van der Waals surface area contributed by atoms with Gasteiger partial charge in [0.2, 0.25) is 10.0 Å². The van der Waals surface area contributed by atoms with Gasteiger partial charge in [-0.3, -0.25) is 0 Å². The number of hydrogen-bond acceptors (Lipinski definition) is 4. The van der Waals surface area contributed by atoms with Crippen LogP contribution in [-0.2, 0) is 10.0 Å². The largest absolute Gasteiger partial charge is 0.494 e. The van der Waals surface area contributed by atoms with Gasteiger partial charge in [-0.2, -0.15) is 0 Å². The molecular formula is C13H20ClFN2O3S. The Bertz CT molecular complexity index is 575. The van der Waals surface area contributed by atoms with Crippen molar-refractivity contribution in [1.29, 1.82) is 0 Å². The predicted octanol–water partition coefficient (Wildman–Crippen LogP) is 1.80. The zero-order chi connectivity index (χ0) is 14.8. The molecule has 1 aromatic rings. The van der Waals surface area contributed by atoms with Crippen LogP contribution in [0, 0.1) is 5.82 Å². The minimum Gasteiger partial charge on any atom is -0.494 e. The Morgan fingerprint density at radius 3 is 2.48 bits per heavy atom. The number of ether oxygens (including phenoxy) is 1. The maximum Gasteiger partial charge on any atom is 0.240 e. The highest BCUT2D eigenvalue weighted by Crippen LogP contribution is 2.23. The summed E-state index contributed by atoms with van der Waals surface area (Å²) in [7, 11) is -2.37. The first-order valence-corrected chi connectivity index (χ1v) is 8.02. The molecule has 3 N–H and O–H groups in total. The fourth-order valence-corrected chi connectivity index (χ4v) is 3.65. The lowest BCUT2D eigenvalue weighted by Crippen LogP contribution is -2.40. The maximum absolute atomic E-state index is 13.3. The summed E-state index contributed by atoms with van der Waals surface area (Å²) < 4.78 is 45.2. The zero-order valence-electron chi connectivity index (χ0n) is 11.7. The average molecular weight is 339 g/mol. The van der Waals surface area contributed by atoms with Gasteiger partial charge >= 0.3 is 0 Å².